The van der Waals surface area contributed by atoms with Gasteiger partial charge < -0.3 is 15.8 Å². The molecule has 1 aromatic rings. The molecule has 3 N–H and O–H groups in total. The highest BCUT2D eigenvalue weighted by Gasteiger charge is 2.09. The Morgan fingerprint density at radius 2 is 2.26 bits per heavy atom. The second-order valence-electron chi connectivity index (χ2n) is 4.45. The first-order chi connectivity index (χ1) is 9.06. The highest BCUT2D eigenvalue weighted by Crippen LogP contribution is 2.28. The Kier molecular flexibility index (Phi) is 6.56. The van der Waals surface area contributed by atoms with Gasteiger partial charge in [-0.1, -0.05) is 13.3 Å². The summed E-state index contributed by atoms with van der Waals surface area (Å²) in [6.07, 6.45) is 2.06. The summed E-state index contributed by atoms with van der Waals surface area (Å²) in [4.78, 5) is 12.6. The lowest BCUT2D eigenvalue weighted by Crippen LogP contribution is -2.33. The van der Waals surface area contributed by atoms with Gasteiger partial charge >= 0.3 is 0 Å². The maximum Gasteiger partial charge on any atom is 0.230 e. The first kappa shape index (κ1) is 15.7. The number of rotatable bonds is 7. The van der Waals surface area contributed by atoms with E-state index in [1.807, 2.05) is 19.1 Å². The van der Waals surface area contributed by atoms with Gasteiger partial charge in [0.15, 0.2) is 0 Å². The van der Waals surface area contributed by atoms with Crippen LogP contribution < -0.4 is 15.8 Å². The van der Waals surface area contributed by atoms with Crippen molar-refractivity contribution < 1.29 is 9.53 Å². The summed E-state index contributed by atoms with van der Waals surface area (Å²) in [5.74, 6) is 1.15. The van der Waals surface area contributed by atoms with E-state index < -0.39 is 0 Å². The molecule has 4 nitrogen and oxygen atoms in total. The first-order valence-electron chi connectivity index (χ1n) is 6.42. The van der Waals surface area contributed by atoms with E-state index in [9.17, 15) is 4.79 Å². The molecule has 0 bridgehead atoms. The highest BCUT2D eigenvalue weighted by molar-refractivity contribution is 8.00. The number of nitrogens with one attached hydrogen (secondary N) is 1. The van der Waals surface area contributed by atoms with Crippen LogP contribution in [0.25, 0.3) is 0 Å². The molecule has 19 heavy (non-hydrogen) atoms. The Labute approximate surface area is 119 Å². The lowest BCUT2D eigenvalue weighted by molar-refractivity contribution is -0.119. The summed E-state index contributed by atoms with van der Waals surface area (Å²) in [7, 11) is 1.61. The number of thioether (sulfide) groups is 1. The SMILES string of the molecule is CCCC(C)NC(=O)CSc1cc(OC)ccc1N. The standard InChI is InChI=1S/C14H22N2O2S/c1-4-5-10(2)16-14(17)9-19-13-8-11(18-3)6-7-12(13)15/h6-8,10H,4-5,9,15H2,1-3H3,(H,16,17). The van der Waals surface area contributed by atoms with E-state index in [0.29, 0.717) is 11.4 Å². The maximum atomic E-state index is 11.8. The fourth-order valence-corrected chi connectivity index (χ4v) is 2.54. The summed E-state index contributed by atoms with van der Waals surface area (Å²) in [5.41, 5.74) is 6.54. The number of amides is 1. The topological polar surface area (TPSA) is 64.3 Å². The van der Waals surface area contributed by atoms with Crippen molar-refractivity contribution in [3.05, 3.63) is 18.2 Å². The van der Waals surface area contributed by atoms with Crippen LogP contribution in [0.5, 0.6) is 5.75 Å². The van der Waals surface area contributed by atoms with Gasteiger partial charge in [-0.25, -0.2) is 0 Å². The number of carbonyl (C=O) groups is 1. The highest BCUT2D eigenvalue weighted by atomic mass is 32.2. The minimum absolute atomic E-state index is 0.0353. The number of benzene rings is 1. The largest absolute Gasteiger partial charge is 0.497 e. The third kappa shape index (κ3) is 5.42. The molecule has 0 radical (unpaired) electrons. The van der Waals surface area contributed by atoms with Gasteiger partial charge in [0.1, 0.15) is 5.75 Å². The number of carbonyl (C=O) groups excluding carboxylic acids is 1. The summed E-state index contributed by atoms with van der Waals surface area (Å²) in [6.45, 7) is 4.13. The zero-order valence-electron chi connectivity index (χ0n) is 11.7. The van der Waals surface area contributed by atoms with Gasteiger partial charge in [0.2, 0.25) is 5.91 Å². The van der Waals surface area contributed by atoms with Crippen LogP contribution in [0.3, 0.4) is 0 Å². The third-order valence-corrected chi connectivity index (χ3v) is 3.78. The van der Waals surface area contributed by atoms with Gasteiger partial charge in [0.05, 0.1) is 12.9 Å². The van der Waals surface area contributed by atoms with Crippen LogP contribution in [-0.2, 0) is 4.79 Å². The zero-order chi connectivity index (χ0) is 14.3. The smallest absolute Gasteiger partial charge is 0.230 e. The number of nitrogens with two attached hydrogens (primary N) is 1. The van der Waals surface area contributed by atoms with E-state index in [2.05, 4.69) is 12.2 Å². The van der Waals surface area contributed by atoms with Crippen LogP contribution in [-0.4, -0.2) is 24.8 Å². The molecule has 0 saturated heterocycles. The van der Waals surface area contributed by atoms with Crippen molar-refractivity contribution in [2.24, 2.45) is 0 Å². The Bertz CT molecular complexity index is 424. The Balaban J connectivity index is 2.50. The predicted molar refractivity (Wildman–Crippen MR) is 80.6 cm³/mol. The minimum Gasteiger partial charge on any atom is -0.497 e. The van der Waals surface area contributed by atoms with E-state index >= 15 is 0 Å². The molecule has 0 fully saturated rings. The average molecular weight is 282 g/mol. The molecule has 1 aromatic carbocycles. The van der Waals surface area contributed by atoms with Gasteiger partial charge in [-0.15, -0.1) is 11.8 Å². The van der Waals surface area contributed by atoms with Gasteiger partial charge in [-0.2, -0.15) is 0 Å². The van der Waals surface area contributed by atoms with Gasteiger partial charge in [0, 0.05) is 16.6 Å². The molecule has 5 heteroatoms. The minimum atomic E-state index is 0.0353. The Hall–Kier alpha value is -1.36. The van der Waals surface area contributed by atoms with Crippen LogP contribution in [0.15, 0.2) is 23.1 Å². The van der Waals surface area contributed by atoms with Crippen molar-refractivity contribution in [2.75, 3.05) is 18.6 Å². The van der Waals surface area contributed by atoms with Gasteiger partial charge in [-0.3, -0.25) is 4.79 Å². The average Bonchev–Trinajstić information content (AvgIpc) is 2.38. The van der Waals surface area contributed by atoms with Crippen LogP contribution in [0, 0.1) is 0 Å². The molecule has 0 aliphatic rings. The molecule has 0 saturated carbocycles. The molecule has 0 aromatic heterocycles. The van der Waals surface area contributed by atoms with E-state index in [1.54, 1.807) is 13.2 Å². The van der Waals surface area contributed by atoms with Gasteiger partial charge in [0.25, 0.3) is 0 Å². The molecular weight excluding hydrogens is 260 g/mol. The van der Waals surface area contributed by atoms with Crippen LogP contribution >= 0.6 is 11.8 Å². The molecule has 1 amide bonds. The van der Waals surface area contributed by atoms with Crippen molar-refractivity contribution in [1.82, 2.24) is 5.32 Å². The van der Waals surface area contributed by atoms with Crippen molar-refractivity contribution in [1.29, 1.82) is 0 Å². The molecule has 1 rings (SSSR count). The fourth-order valence-electron chi connectivity index (χ4n) is 1.73. The number of hydrogen-bond acceptors (Lipinski definition) is 4. The summed E-state index contributed by atoms with van der Waals surface area (Å²) in [5, 5.41) is 2.97. The summed E-state index contributed by atoms with van der Waals surface area (Å²) in [6, 6.07) is 5.67. The number of methoxy groups -OCH3 is 1. The Morgan fingerprint density at radius 3 is 2.89 bits per heavy atom. The molecule has 0 heterocycles. The predicted octanol–water partition coefficient (Wildman–Crippen LogP) is 2.67. The van der Waals surface area contributed by atoms with E-state index in [0.717, 1.165) is 23.5 Å². The quantitative estimate of drug-likeness (QED) is 0.596. The summed E-state index contributed by atoms with van der Waals surface area (Å²) >= 11 is 1.43. The van der Waals surface area contributed by atoms with Crippen LogP contribution in [0.4, 0.5) is 5.69 Å². The van der Waals surface area contributed by atoms with E-state index in [1.165, 1.54) is 11.8 Å². The molecule has 1 atom stereocenters. The van der Waals surface area contributed by atoms with Crippen molar-refractivity contribution in [3.8, 4) is 5.75 Å². The number of ether oxygens (including phenoxy) is 1. The monoisotopic (exact) mass is 282 g/mol. The van der Waals surface area contributed by atoms with Gasteiger partial charge in [-0.05, 0) is 31.5 Å². The zero-order valence-corrected chi connectivity index (χ0v) is 12.5. The molecule has 0 aliphatic heterocycles. The molecular formula is C14H22N2O2S. The molecule has 1 unspecified atom stereocenters. The molecule has 0 spiro atoms. The molecule has 106 valence electrons. The Morgan fingerprint density at radius 1 is 1.53 bits per heavy atom. The van der Waals surface area contributed by atoms with E-state index in [4.69, 9.17) is 10.5 Å². The number of nitrogen functional groups attached to an aromatic ring is 1. The first-order valence-corrected chi connectivity index (χ1v) is 7.41. The molecule has 0 aliphatic carbocycles. The number of anilines is 1. The maximum absolute atomic E-state index is 11.8. The fraction of sp³-hybridized carbons (Fsp3) is 0.500. The van der Waals surface area contributed by atoms with Crippen molar-refractivity contribution in [3.63, 3.8) is 0 Å². The van der Waals surface area contributed by atoms with Crippen molar-refractivity contribution in [2.45, 2.75) is 37.6 Å². The van der Waals surface area contributed by atoms with Crippen LogP contribution in [0.2, 0.25) is 0 Å². The third-order valence-electron chi connectivity index (χ3n) is 2.71. The second-order valence-corrected chi connectivity index (χ2v) is 5.47. The normalized spacial score (nSPS) is 11.9. The number of hydrogen-bond donors (Lipinski definition) is 2. The lowest BCUT2D eigenvalue weighted by atomic mass is 10.2. The van der Waals surface area contributed by atoms with Crippen molar-refractivity contribution >= 4 is 23.4 Å². The second kappa shape index (κ2) is 7.94. The van der Waals surface area contributed by atoms with Crippen LogP contribution in [0.1, 0.15) is 26.7 Å². The summed E-state index contributed by atoms with van der Waals surface area (Å²) < 4.78 is 5.14. The lowest BCUT2D eigenvalue weighted by Gasteiger charge is -2.13. The van der Waals surface area contributed by atoms with E-state index in [-0.39, 0.29) is 11.9 Å².